The lowest BCUT2D eigenvalue weighted by Gasteiger charge is -2.59. The zero-order chi connectivity index (χ0) is 17.3. The normalized spacial score (nSPS) is 53.9. The molecule has 0 bridgehead atoms. The molecule has 0 heterocycles. The number of rotatable bonds is 1. The maximum atomic E-state index is 12.9. The van der Waals surface area contributed by atoms with Gasteiger partial charge in [0.15, 0.2) is 0 Å². The highest BCUT2D eigenvalue weighted by Gasteiger charge is 2.62. The fraction of sp³-hybridized carbons (Fsp3) is 0.905. The minimum Gasteiger partial charge on any atom is -0.393 e. The highest BCUT2D eigenvalue weighted by molar-refractivity contribution is 5.86. The predicted molar refractivity (Wildman–Crippen MR) is 92.3 cm³/mol. The molecule has 134 valence electrons. The van der Waals surface area contributed by atoms with Gasteiger partial charge in [0.1, 0.15) is 11.6 Å². The van der Waals surface area contributed by atoms with Crippen LogP contribution in [0.2, 0.25) is 0 Å². The summed E-state index contributed by atoms with van der Waals surface area (Å²) >= 11 is 0. The fourth-order valence-corrected chi connectivity index (χ4v) is 7.74. The fourth-order valence-electron chi connectivity index (χ4n) is 7.74. The van der Waals surface area contributed by atoms with Gasteiger partial charge in [0, 0.05) is 17.8 Å². The second kappa shape index (κ2) is 5.40. The van der Waals surface area contributed by atoms with Gasteiger partial charge in [-0.15, -0.1) is 0 Å². The number of carbonyl (C=O) groups excluding carboxylic acids is 2. The van der Waals surface area contributed by atoms with Gasteiger partial charge >= 0.3 is 0 Å². The van der Waals surface area contributed by atoms with Crippen LogP contribution < -0.4 is 0 Å². The third-order valence-corrected chi connectivity index (χ3v) is 8.97. The number of Topliss-reactive ketones (excluding diaryl/α,β-unsaturated/α-hetero) is 2. The first kappa shape index (κ1) is 16.8. The Labute approximate surface area is 145 Å². The lowest BCUT2D eigenvalue weighted by molar-refractivity contribution is -0.163. The van der Waals surface area contributed by atoms with Crippen LogP contribution in [0.1, 0.15) is 72.1 Å². The van der Waals surface area contributed by atoms with Gasteiger partial charge in [-0.2, -0.15) is 0 Å². The van der Waals surface area contributed by atoms with Crippen LogP contribution in [-0.4, -0.2) is 22.8 Å². The van der Waals surface area contributed by atoms with Crippen LogP contribution in [0.5, 0.6) is 0 Å². The second-order valence-electron chi connectivity index (χ2n) is 9.74. The first-order valence-electron chi connectivity index (χ1n) is 10.00. The van der Waals surface area contributed by atoms with Gasteiger partial charge in [-0.3, -0.25) is 9.59 Å². The Bertz CT molecular complexity index is 569. The van der Waals surface area contributed by atoms with E-state index in [-0.39, 0.29) is 16.7 Å². The Morgan fingerprint density at radius 1 is 1.08 bits per heavy atom. The molecular formula is C21H32O3. The molecule has 8 atom stereocenters. The van der Waals surface area contributed by atoms with Crippen molar-refractivity contribution in [2.45, 2.75) is 78.2 Å². The number of hydrogen-bond donors (Lipinski definition) is 1. The van der Waals surface area contributed by atoms with Crippen molar-refractivity contribution in [1.82, 2.24) is 0 Å². The summed E-state index contributed by atoms with van der Waals surface area (Å²) in [5.41, 5.74) is -0.0643. The average molecular weight is 332 g/mol. The molecule has 0 saturated heterocycles. The summed E-state index contributed by atoms with van der Waals surface area (Å²) in [6.45, 7) is 6.34. The number of aliphatic hydroxyl groups is 1. The predicted octanol–water partition coefficient (Wildman–Crippen LogP) is 3.77. The molecule has 4 rings (SSSR count). The molecular weight excluding hydrogens is 300 g/mol. The van der Waals surface area contributed by atoms with Gasteiger partial charge in [0.2, 0.25) is 0 Å². The summed E-state index contributed by atoms with van der Waals surface area (Å²) in [6, 6.07) is 0. The quantitative estimate of drug-likeness (QED) is 0.795. The summed E-state index contributed by atoms with van der Waals surface area (Å²) in [7, 11) is 0. The van der Waals surface area contributed by atoms with E-state index in [1.807, 2.05) is 0 Å². The SMILES string of the molecule is CC(=O)[C@H]1CCC2C3CC[C@H]4C[C@@H](O)CC(=O)[C@]4(C)C3CC[C@@]21C. The van der Waals surface area contributed by atoms with E-state index in [1.165, 1.54) is 12.8 Å². The largest absolute Gasteiger partial charge is 0.393 e. The highest BCUT2D eigenvalue weighted by atomic mass is 16.3. The van der Waals surface area contributed by atoms with Crippen molar-refractivity contribution in [2.24, 2.45) is 40.4 Å². The lowest BCUT2D eigenvalue weighted by atomic mass is 9.44. The highest BCUT2D eigenvalue weighted by Crippen LogP contribution is 2.66. The number of aliphatic hydroxyl groups excluding tert-OH is 1. The standard InChI is InChI=1S/C21H32O3/c1-12(22)16-6-7-17-15-5-4-13-10-14(23)11-19(24)21(13,3)18(15)8-9-20(16,17)2/h13-18,23H,4-11H2,1-3H3/t13-,14+,15?,16+,17?,18?,20+,21-/m0/s1. The molecule has 0 spiro atoms. The Morgan fingerprint density at radius 3 is 2.54 bits per heavy atom. The first-order valence-corrected chi connectivity index (χ1v) is 10.00. The van der Waals surface area contributed by atoms with Crippen LogP contribution in [0.15, 0.2) is 0 Å². The Morgan fingerprint density at radius 2 is 1.83 bits per heavy atom. The Hall–Kier alpha value is -0.700. The molecule has 4 aliphatic rings. The maximum Gasteiger partial charge on any atom is 0.141 e. The molecule has 4 saturated carbocycles. The molecule has 0 amide bonds. The van der Waals surface area contributed by atoms with Crippen LogP contribution in [-0.2, 0) is 9.59 Å². The molecule has 0 aromatic carbocycles. The van der Waals surface area contributed by atoms with E-state index >= 15 is 0 Å². The summed E-state index contributed by atoms with van der Waals surface area (Å²) in [4.78, 5) is 25.1. The van der Waals surface area contributed by atoms with E-state index in [0.29, 0.717) is 41.7 Å². The number of hydrogen-bond acceptors (Lipinski definition) is 3. The van der Waals surface area contributed by atoms with Gasteiger partial charge in [-0.1, -0.05) is 13.8 Å². The van der Waals surface area contributed by atoms with E-state index in [1.54, 1.807) is 6.92 Å². The summed E-state index contributed by atoms with van der Waals surface area (Å²) in [5.74, 6) is 2.97. The molecule has 0 radical (unpaired) electrons. The van der Waals surface area contributed by atoms with Crippen LogP contribution in [0.25, 0.3) is 0 Å². The molecule has 4 fully saturated rings. The Kier molecular flexibility index (Phi) is 3.77. The zero-order valence-corrected chi connectivity index (χ0v) is 15.4. The molecule has 3 heteroatoms. The summed E-state index contributed by atoms with van der Waals surface area (Å²) in [5, 5.41) is 10.1. The molecule has 0 aromatic rings. The van der Waals surface area contributed by atoms with E-state index < -0.39 is 6.10 Å². The van der Waals surface area contributed by atoms with Crippen LogP contribution >= 0.6 is 0 Å². The topological polar surface area (TPSA) is 54.4 Å². The maximum absolute atomic E-state index is 12.9. The van der Waals surface area contributed by atoms with Crippen LogP contribution in [0.3, 0.4) is 0 Å². The third kappa shape index (κ3) is 2.06. The van der Waals surface area contributed by atoms with Crippen molar-refractivity contribution in [3.05, 3.63) is 0 Å². The zero-order valence-electron chi connectivity index (χ0n) is 15.4. The molecule has 3 unspecified atom stereocenters. The molecule has 0 aromatic heterocycles. The molecule has 3 nitrogen and oxygen atoms in total. The van der Waals surface area contributed by atoms with Gasteiger partial charge in [-0.05, 0) is 81.0 Å². The van der Waals surface area contributed by atoms with Crippen LogP contribution in [0, 0.1) is 40.4 Å². The number of carbonyl (C=O) groups is 2. The van der Waals surface area contributed by atoms with Crippen LogP contribution in [0.4, 0.5) is 0 Å². The van der Waals surface area contributed by atoms with Crippen molar-refractivity contribution in [3.8, 4) is 0 Å². The van der Waals surface area contributed by atoms with Gasteiger partial charge in [0.25, 0.3) is 0 Å². The first-order chi connectivity index (χ1) is 11.3. The van der Waals surface area contributed by atoms with Crippen molar-refractivity contribution in [1.29, 1.82) is 0 Å². The van der Waals surface area contributed by atoms with Crippen molar-refractivity contribution in [3.63, 3.8) is 0 Å². The molecule has 4 aliphatic carbocycles. The molecule has 24 heavy (non-hydrogen) atoms. The van der Waals surface area contributed by atoms with Crippen molar-refractivity contribution < 1.29 is 14.7 Å². The van der Waals surface area contributed by atoms with Gasteiger partial charge in [-0.25, -0.2) is 0 Å². The summed E-state index contributed by atoms with van der Waals surface area (Å²) in [6.07, 6.45) is 7.42. The van der Waals surface area contributed by atoms with E-state index in [4.69, 9.17) is 0 Å². The van der Waals surface area contributed by atoms with E-state index in [0.717, 1.165) is 32.1 Å². The minimum absolute atomic E-state index is 0.160. The molecule has 0 aliphatic heterocycles. The Balaban J connectivity index is 1.66. The van der Waals surface area contributed by atoms with E-state index in [9.17, 15) is 14.7 Å². The third-order valence-electron chi connectivity index (χ3n) is 8.97. The smallest absolute Gasteiger partial charge is 0.141 e. The molecule has 1 N–H and O–H groups in total. The monoisotopic (exact) mass is 332 g/mol. The number of fused-ring (bicyclic) bond motifs is 5. The van der Waals surface area contributed by atoms with Crippen molar-refractivity contribution in [2.75, 3.05) is 0 Å². The number of ketones is 2. The average Bonchev–Trinajstić information content (AvgIpc) is 2.86. The van der Waals surface area contributed by atoms with Gasteiger partial charge < -0.3 is 5.11 Å². The minimum atomic E-state index is -0.422. The van der Waals surface area contributed by atoms with E-state index in [2.05, 4.69) is 13.8 Å². The second-order valence-corrected chi connectivity index (χ2v) is 9.74. The lowest BCUT2D eigenvalue weighted by Crippen LogP contribution is -2.57. The summed E-state index contributed by atoms with van der Waals surface area (Å²) < 4.78 is 0. The van der Waals surface area contributed by atoms with Crippen molar-refractivity contribution >= 4 is 11.6 Å². The van der Waals surface area contributed by atoms with Gasteiger partial charge in [0.05, 0.1) is 6.10 Å².